The van der Waals surface area contributed by atoms with Crippen molar-refractivity contribution in [3.63, 3.8) is 0 Å². The molecule has 5 nitrogen and oxygen atoms in total. The van der Waals surface area contributed by atoms with Gasteiger partial charge in [0.15, 0.2) is 0 Å². The van der Waals surface area contributed by atoms with Gasteiger partial charge in [0.25, 0.3) is 0 Å². The van der Waals surface area contributed by atoms with Gasteiger partial charge in [0.1, 0.15) is 0 Å². The van der Waals surface area contributed by atoms with Crippen LogP contribution in [0.3, 0.4) is 0 Å². The lowest BCUT2D eigenvalue weighted by molar-refractivity contribution is -0.134. The Morgan fingerprint density at radius 3 is 2.53 bits per heavy atom. The number of benzene rings is 1. The Morgan fingerprint density at radius 1 is 1.32 bits per heavy atom. The van der Waals surface area contributed by atoms with Gasteiger partial charge in [0.05, 0.1) is 13.0 Å². The second-order valence-corrected chi connectivity index (χ2v) is 4.85. The minimum absolute atomic E-state index is 0.0593. The molecule has 1 aromatic carbocycles. The first-order valence-corrected chi connectivity index (χ1v) is 6.27. The van der Waals surface area contributed by atoms with Crippen molar-refractivity contribution in [2.45, 2.75) is 26.3 Å². The normalized spacial score (nSPS) is 10.3. The van der Waals surface area contributed by atoms with E-state index in [1.807, 2.05) is 32.0 Å². The largest absolute Gasteiger partial charge is 0.398 e. The predicted octanol–water partition coefficient (Wildman–Crippen LogP) is 0.794. The summed E-state index contributed by atoms with van der Waals surface area (Å²) in [6.45, 7) is 3.82. The van der Waals surface area contributed by atoms with Crippen LogP contribution in [-0.4, -0.2) is 36.3 Å². The first-order chi connectivity index (χ1) is 8.90. The van der Waals surface area contributed by atoms with Gasteiger partial charge in [-0.2, -0.15) is 0 Å². The number of likely N-dealkylation sites (N-methyl/N-ethyl adjacent to an activating group) is 1. The molecule has 0 saturated carbocycles. The lowest BCUT2D eigenvalue weighted by Gasteiger charge is -2.18. The van der Waals surface area contributed by atoms with E-state index in [1.54, 1.807) is 13.1 Å². The second-order valence-electron chi connectivity index (χ2n) is 4.85. The van der Waals surface area contributed by atoms with Gasteiger partial charge in [-0.15, -0.1) is 0 Å². The lowest BCUT2D eigenvalue weighted by Crippen LogP contribution is -2.41. The summed E-state index contributed by atoms with van der Waals surface area (Å²) in [6.07, 6.45) is 0.206. The van der Waals surface area contributed by atoms with Crippen LogP contribution in [0.1, 0.15) is 19.4 Å². The number of nitrogen functional groups attached to an aromatic ring is 1. The van der Waals surface area contributed by atoms with Crippen molar-refractivity contribution in [2.24, 2.45) is 0 Å². The summed E-state index contributed by atoms with van der Waals surface area (Å²) >= 11 is 0. The van der Waals surface area contributed by atoms with Gasteiger partial charge < -0.3 is 16.0 Å². The van der Waals surface area contributed by atoms with Crippen LogP contribution < -0.4 is 11.1 Å². The molecule has 0 atom stereocenters. The van der Waals surface area contributed by atoms with Crippen LogP contribution in [-0.2, 0) is 16.0 Å². The number of anilines is 1. The number of rotatable bonds is 5. The first-order valence-electron chi connectivity index (χ1n) is 6.27. The quantitative estimate of drug-likeness (QED) is 0.771. The predicted molar refractivity (Wildman–Crippen MR) is 75.5 cm³/mol. The zero-order valence-electron chi connectivity index (χ0n) is 11.6. The number of hydrogen-bond donors (Lipinski definition) is 2. The zero-order valence-corrected chi connectivity index (χ0v) is 11.6. The summed E-state index contributed by atoms with van der Waals surface area (Å²) in [4.78, 5) is 24.9. The topological polar surface area (TPSA) is 75.4 Å². The molecular weight excluding hydrogens is 242 g/mol. The van der Waals surface area contributed by atoms with Crippen LogP contribution in [0.5, 0.6) is 0 Å². The fourth-order valence-corrected chi connectivity index (χ4v) is 1.66. The molecule has 104 valence electrons. The molecule has 1 aromatic rings. The fourth-order valence-electron chi connectivity index (χ4n) is 1.66. The van der Waals surface area contributed by atoms with E-state index in [1.165, 1.54) is 4.90 Å². The number of para-hydroxylation sites is 1. The maximum absolute atomic E-state index is 12.0. The Hall–Kier alpha value is -2.04. The molecule has 1 rings (SSSR count). The van der Waals surface area contributed by atoms with Crippen LogP contribution in [0.2, 0.25) is 0 Å². The Morgan fingerprint density at radius 2 is 1.95 bits per heavy atom. The molecule has 2 amide bonds. The van der Waals surface area contributed by atoms with Crippen molar-refractivity contribution in [1.29, 1.82) is 0 Å². The van der Waals surface area contributed by atoms with Crippen molar-refractivity contribution in [2.75, 3.05) is 19.3 Å². The summed E-state index contributed by atoms with van der Waals surface area (Å²) in [7, 11) is 1.61. The van der Waals surface area contributed by atoms with Crippen LogP contribution in [0, 0.1) is 0 Å². The number of amides is 2. The molecule has 0 saturated heterocycles. The number of nitrogens with one attached hydrogen (secondary N) is 1. The molecule has 5 heteroatoms. The molecular formula is C14H21N3O2. The average molecular weight is 263 g/mol. The highest BCUT2D eigenvalue weighted by atomic mass is 16.2. The third-order valence-electron chi connectivity index (χ3n) is 2.65. The number of nitrogens with zero attached hydrogens (tertiary/aromatic N) is 1. The molecule has 3 N–H and O–H groups in total. The summed E-state index contributed by atoms with van der Waals surface area (Å²) in [5, 5.41) is 2.75. The maximum Gasteiger partial charge on any atom is 0.239 e. The summed E-state index contributed by atoms with van der Waals surface area (Å²) in [6, 6.07) is 7.30. The summed E-state index contributed by atoms with van der Waals surface area (Å²) < 4.78 is 0. The monoisotopic (exact) mass is 263 g/mol. The Labute approximate surface area is 113 Å². The van der Waals surface area contributed by atoms with Crippen molar-refractivity contribution >= 4 is 17.5 Å². The van der Waals surface area contributed by atoms with Crippen molar-refractivity contribution in [3.8, 4) is 0 Å². The van der Waals surface area contributed by atoms with Crippen LogP contribution in [0.4, 0.5) is 5.69 Å². The van der Waals surface area contributed by atoms with E-state index in [4.69, 9.17) is 5.73 Å². The number of carbonyl (C=O) groups is 2. The van der Waals surface area contributed by atoms with Gasteiger partial charge in [-0.3, -0.25) is 9.59 Å². The maximum atomic E-state index is 12.0. The van der Waals surface area contributed by atoms with E-state index in [9.17, 15) is 9.59 Å². The van der Waals surface area contributed by atoms with Gasteiger partial charge in [0, 0.05) is 18.8 Å². The number of hydrogen-bond acceptors (Lipinski definition) is 3. The highest BCUT2D eigenvalue weighted by molar-refractivity contribution is 5.86. The molecule has 0 unspecified atom stereocenters. The Kier molecular flexibility index (Phi) is 5.36. The van der Waals surface area contributed by atoms with Crippen molar-refractivity contribution < 1.29 is 9.59 Å². The van der Waals surface area contributed by atoms with E-state index in [2.05, 4.69) is 5.32 Å². The van der Waals surface area contributed by atoms with E-state index < -0.39 is 0 Å². The molecule has 0 aliphatic carbocycles. The Bertz CT molecular complexity index is 458. The van der Waals surface area contributed by atoms with E-state index in [0.717, 1.165) is 5.56 Å². The molecule has 0 fully saturated rings. The van der Waals surface area contributed by atoms with Gasteiger partial charge in [0.2, 0.25) is 11.8 Å². The average Bonchev–Trinajstić information content (AvgIpc) is 2.30. The third kappa shape index (κ3) is 4.99. The highest BCUT2D eigenvalue weighted by Gasteiger charge is 2.14. The van der Waals surface area contributed by atoms with Crippen LogP contribution >= 0.6 is 0 Å². The van der Waals surface area contributed by atoms with Crippen LogP contribution in [0.25, 0.3) is 0 Å². The second kappa shape index (κ2) is 6.78. The van der Waals surface area contributed by atoms with Crippen molar-refractivity contribution in [3.05, 3.63) is 29.8 Å². The molecule has 0 aliphatic rings. The van der Waals surface area contributed by atoms with E-state index in [0.29, 0.717) is 5.69 Å². The molecule has 0 spiro atoms. The standard InChI is InChI=1S/C14H21N3O2/c1-10(2)16-13(18)9-17(3)14(19)8-11-6-4-5-7-12(11)15/h4-7,10H,8-9,15H2,1-3H3,(H,16,18). The summed E-state index contributed by atoms with van der Waals surface area (Å²) in [5.74, 6) is -0.288. The molecule has 0 aromatic heterocycles. The minimum Gasteiger partial charge on any atom is -0.398 e. The molecule has 0 radical (unpaired) electrons. The van der Waals surface area contributed by atoms with Gasteiger partial charge in [-0.05, 0) is 25.5 Å². The molecule has 19 heavy (non-hydrogen) atoms. The van der Waals surface area contributed by atoms with E-state index in [-0.39, 0.29) is 30.8 Å². The summed E-state index contributed by atoms with van der Waals surface area (Å²) in [5.41, 5.74) is 7.16. The highest BCUT2D eigenvalue weighted by Crippen LogP contribution is 2.11. The fraction of sp³-hybridized carbons (Fsp3) is 0.429. The van der Waals surface area contributed by atoms with Gasteiger partial charge >= 0.3 is 0 Å². The van der Waals surface area contributed by atoms with Gasteiger partial charge in [-0.1, -0.05) is 18.2 Å². The molecule has 0 aliphatic heterocycles. The van der Waals surface area contributed by atoms with Gasteiger partial charge in [-0.25, -0.2) is 0 Å². The molecule has 0 bridgehead atoms. The first kappa shape index (κ1) is 15.0. The number of nitrogens with two attached hydrogens (primary N) is 1. The smallest absolute Gasteiger partial charge is 0.239 e. The SMILES string of the molecule is CC(C)NC(=O)CN(C)C(=O)Cc1ccccc1N. The molecule has 0 heterocycles. The lowest BCUT2D eigenvalue weighted by atomic mass is 10.1. The van der Waals surface area contributed by atoms with Crippen molar-refractivity contribution in [1.82, 2.24) is 10.2 Å². The number of carbonyl (C=O) groups excluding carboxylic acids is 2. The Balaban J connectivity index is 2.54. The van der Waals surface area contributed by atoms with E-state index >= 15 is 0 Å². The minimum atomic E-state index is -0.160. The third-order valence-corrected chi connectivity index (χ3v) is 2.65. The zero-order chi connectivity index (χ0) is 14.4. The van der Waals surface area contributed by atoms with Crippen LogP contribution in [0.15, 0.2) is 24.3 Å².